The largest absolute Gasteiger partial charge is 0.345 e. The fourth-order valence-electron chi connectivity index (χ4n) is 2.02. The van der Waals surface area contributed by atoms with Gasteiger partial charge in [-0.2, -0.15) is 10.2 Å². The van der Waals surface area contributed by atoms with Gasteiger partial charge >= 0.3 is 0 Å². The summed E-state index contributed by atoms with van der Waals surface area (Å²) < 4.78 is 7.10. The first-order valence-electron chi connectivity index (χ1n) is 6.26. The van der Waals surface area contributed by atoms with Gasteiger partial charge in [-0.15, -0.1) is 11.8 Å². The average molecular weight is 296 g/mol. The van der Waals surface area contributed by atoms with Crippen LogP contribution in [0.5, 0.6) is 0 Å². The molecular formula is C15H12N4OS. The first kappa shape index (κ1) is 13.5. The van der Waals surface area contributed by atoms with Gasteiger partial charge in [-0.25, -0.2) is 0 Å². The molecule has 0 saturated carbocycles. The first-order chi connectivity index (χ1) is 10.2. The molecule has 0 unspecified atom stereocenters. The minimum atomic E-state index is 0.406. The van der Waals surface area contributed by atoms with Crippen molar-refractivity contribution in [3.05, 3.63) is 42.1 Å². The predicted molar refractivity (Wildman–Crippen MR) is 80.6 cm³/mol. The third-order valence-electron chi connectivity index (χ3n) is 3.13. The fraction of sp³-hybridized carbons (Fsp3) is 0.133. The number of hydrogen-bond donors (Lipinski definition) is 0. The van der Waals surface area contributed by atoms with Crippen molar-refractivity contribution in [2.24, 2.45) is 7.05 Å². The van der Waals surface area contributed by atoms with E-state index in [1.165, 1.54) is 4.90 Å². The van der Waals surface area contributed by atoms with Gasteiger partial charge in [-0.3, -0.25) is 0 Å². The van der Waals surface area contributed by atoms with E-state index in [0.29, 0.717) is 17.3 Å². The van der Waals surface area contributed by atoms with E-state index in [9.17, 15) is 0 Å². The molecule has 2 heterocycles. The molecule has 0 radical (unpaired) electrons. The molecular weight excluding hydrogens is 284 g/mol. The fourth-order valence-corrected chi connectivity index (χ4v) is 2.43. The number of aromatic nitrogens is 3. The Hall–Kier alpha value is -2.52. The molecule has 3 aromatic rings. The van der Waals surface area contributed by atoms with Gasteiger partial charge < -0.3 is 9.09 Å². The Morgan fingerprint density at radius 2 is 2.05 bits per heavy atom. The number of benzene rings is 1. The van der Waals surface area contributed by atoms with Crippen LogP contribution in [0, 0.1) is 11.3 Å². The molecule has 0 fully saturated rings. The SMILES string of the molecule is CSc1ccc(-c2noc(-c3cc(C#N)cn3C)n2)cc1. The van der Waals surface area contributed by atoms with Crippen molar-refractivity contribution in [1.29, 1.82) is 5.26 Å². The van der Waals surface area contributed by atoms with Crippen molar-refractivity contribution < 1.29 is 4.52 Å². The van der Waals surface area contributed by atoms with Crippen molar-refractivity contribution in [3.63, 3.8) is 0 Å². The number of nitriles is 1. The Labute approximate surface area is 126 Å². The molecule has 1 aromatic carbocycles. The van der Waals surface area contributed by atoms with Crippen molar-refractivity contribution in [1.82, 2.24) is 14.7 Å². The van der Waals surface area contributed by atoms with Crippen LogP contribution in [0.1, 0.15) is 5.56 Å². The molecule has 6 heteroatoms. The number of rotatable bonds is 3. The third kappa shape index (κ3) is 2.56. The summed E-state index contributed by atoms with van der Waals surface area (Å²) in [6.07, 6.45) is 3.76. The van der Waals surface area contributed by atoms with E-state index in [2.05, 4.69) is 16.2 Å². The van der Waals surface area contributed by atoms with E-state index < -0.39 is 0 Å². The Kier molecular flexibility index (Phi) is 3.50. The highest BCUT2D eigenvalue weighted by atomic mass is 32.2. The number of nitrogens with zero attached hydrogens (tertiary/aromatic N) is 4. The van der Waals surface area contributed by atoms with E-state index in [-0.39, 0.29) is 0 Å². The Morgan fingerprint density at radius 3 is 2.67 bits per heavy atom. The van der Waals surface area contributed by atoms with Crippen molar-refractivity contribution in [2.75, 3.05) is 6.26 Å². The predicted octanol–water partition coefficient (Wildman–Crippen LogP) is 3.34. The summed E-state index contributed by atoms with van der Waals surface area (Å²) in [6.45, 7) is 0. The number of aryl methyl sites for hydroxylation is 1. The quantitative estimate of drug-likeness (QED) is 0.693. The van der Waals surface area contributed by atoms with Crippen LogP contribution in [0.25, 0.3) is 23.0 Å². The monoisotopic (exact) mass is 296 g/mol. The molecule has 0 atom stereocenters. The van der Waals surface area contributed by atoms with Crippen LogP contribution < -0.4 is 0 Å². The maximum absolute atomic E-state index is 8.92. The van der Waals surface area contributed by atoms with E-state index in [1.807, 2.05) is 37.6 Å². The summed E-state index contributed by atoms with van der Waals surface area (Å²) in [6, 6.07) is 11.8. The molecule has 0 amide bonds. The second-order valence-corrected chi connectivity index (χ2v) is 5.37. The Morgan fingerprint density at radius 1 is 1.29 bits per heavy atom. The maximum atomic E-state index is 8.92. The van der Waals surface area contributed by atoms with Gasteiger partial charge in [0.15, 0.2) is 0 Å². The zero-order chi connectivity index (χ0) is 14.8. The smallest absolute Gasteiger partial charge is 0.274 e. The van der Waals surface area contributed by atoms with E-state index >= 15 is 0 Å². The van der Waals surface area contributed by atoms with Crippen molar-refractivity contribution in [2.45, 2.75) is 4.90 Å². The van der Waals surface area contributed by atoms with Crippen LogP contribution in [0.15, 0.2) is 45.9 Å². The van der Waals surface area contributed by atoms with Gasteiger partial charge in [0, 0.05) is 23.7 Å². The standard InChI is InChI=1S/C15H12N4OS/c1-19-9-10(8-16)7-13(19)15-17-14(18-20-15)11-3-5-12(21-2)6-4-11/h3-7,9H,1-2H3. The number of hydrogen-bond acceptors (Lipinski definition) is 5. The van der Waals surface area contributed by atoms with Crippen molar-refractivity contribution >= 4 is 11.8 Å². The van der Waals surface area contributed by atoms with E-state index in [0.717, 1.165) is 11.3 Å². The second kappa shape index (κ2) is 5.46. The normalized spacial score (nSPS) is 10.5. The molecule has 0 saturated heterocycles. The van der Waals surface area contributed by atoms with Gasteiger partial charge in [0.25, 0.3) is 5.89 Å². The summed E-state index contributed by atoms with van der Waals surface area (Å²) in [4.78, 5) is 5.58. The van der Waals surface area contributed by atoms with Crippen LogP contribution >= 0.6 is 11.8 Å². The van der Waals surface area contributed by atoms with Gasteiger partial charge in [-0.05, 0) is 36.6 Å². The minimum absolute atomic E-state index is 0.406. The van der Waals surface area contributed by atoms with Crippen LogP contribution in [-0.4, -0.2) is 21.0 Å². The zero-order valence-electron chi connectivity index (χ0n) is 11.6. The summed E-state index contributed by atoms with van der Waals surface area (Å²) in [5.74, 6) is 0.945. The molecule has 104 valence electrons. The molecule has 0 aliphatic carbocycles. The van der Waals surface area contributed by atoms with Gasteiger partial charge in [0.2, 0.25) is 5.82 Å². The van der Waals surface area contributed by atoms with Gasteiger partial charge in [0.05, 0.1) is 5.56 Å². The van der Waals surface area contributed by atoms with Crippen molar-refractivity contribution in [3.8, 4) is 29.0 Å². The molecule has 5 nitrogen and oxygen atoms in total. The highest BCUT2D eigenvalue weighted by Gasteiger charge is 2.14. The molecule has 0 aliphatic rings. The molecule has 21 heavy (non-hydrogen) atoms. The lowest BCUT2D eigenvalue weighted by atomic mass is 10.2. The average Bonchev–Trinajstić information content (AvgIpc) is 3.13. The molecule has 0 N–H and O–H groups in total. The van der Waals surface area contributed by atoms with Crippen LogP contribution in [-0.2, 0) is 7.05 Å². The Bertz CT molecular complexity index is 811. The first-order valence-corrected chi connectivity index (χ1v) is 7.48. The van der Waals surface area contributed by atoms with E-state index in [4.69, 9.17) is 9.78 Å². The lowest BCUT2D eigenvalue weighted by molar-refractivity contribution is 0.429. The lowest BCUT2D eigenvalue weighted by Gasteiger charge is -1.97. The number of thioether (sulfide) groups is 1. The van der Waals surface area contributed by atoms with Gasteiger partial charge in [-0.1, -0.05) is 5.16 Å². The third-order valence-corrected chi connectivity index (χ3v) is 3.87. The highest BCUT2D eigenvalue weighted by Crippen LogP contribution is 2.25. The van der Waals surface area contributed by atoms with Crippen LogP contribution in [0.4, 0.5) is 0 Å². The topological polar surface area (TPSA) is 67.6 Å². The summed E-state index contributed by atoms with van der Waals surface area (Å²) in [5, 5.41) is 12.9. The molecule has 2 aromatic heterocycles. The minimum Gasteiger partial charge on any atom is -0.345 e. The van der Waals surface area contributed by atoms with Crippen LogP contribution in [0.3, 0.4) is 0 Å². The second-order valence-electron chi connectivity index (χ2n) is 4.49. The molecule has 0 aliphatic heterocycles. The lowest BCUT2D eigenvalue weighted by Crippen LogP contribution is -1.89. The summed E-state index contributed by atoms with van der Waals surface area (Å²) >= 11 is 1.68. The highest BCUT2D eigenvalue weighted by molar-refractivity contribution is 7.98. The van der Waals surface area contributed by atoms with Crippen LogP contribution in [0.2, 0.25) is 0 Å². The summed E-state index contributed by atoms with van der Waals surface area (Å²) in [5.41, 5.74) is 2.19. The maximum Gasteiger partial charge on any atom is 0.274 e. The zero-order valence-corrected chi connectivity index (χ0v) is 12.4. The molecule has 0 spiro atoms. The van der Waals surface area contributed by atoms with Gasteiger partial charge in [0.1, 0.15) is 11.8 Å². The van der Waals surface area contributed by atoms with E-state index in [1.54, 1.807) is 28.6 Å². The summed E-state index contributed by atoms with van der Waals surface area (Å²) in [7, 11) is 1.84. The molecule has 0 bridgehead atoms. The Balaban J connectivity index is 1.95. The molecule has 3 rings (SSSR count).